The number of nitrogens with one attached hydrogen (secondary N) is 2. The standard InChI is InChI=1S/C18H18Cl2F2N2O4S2/c19-15-7-1-11(21)9-17(15)29(25,26)23-13-3-5-14(6-4-13)24-30(27,28)18-10-12(22)2-8-16(18)20/h1-2,7-10,13-14,23-24H,3-6H2. The normalized spacial score (nSPS) is 20.3. The van der Waals surface area contributed by atoms with E-state index in [0.29, 0.717) is 25.7 Å². The minimum atomic E-state index is -4.04. The molecule has 30 heavy (non-hydrogen) atoms. The third kappa shape index (κ3) is 5.49. The third-order valence-electron chi connectivity index (χ3n) is 4.74. The minimum absolute atomic E-state index is 0.0997. The van der Waals surface area contributed by atoms with E-state index in [-0.39, 0.29) is 19.8 Å². The van der Waals surface area contributed by atoms with Gasteiger partial charge in [-0.2, -0.15) is 0 Å². The summed E-state index contributed by atoms with van der Waals surface area (Å²) in [5.74, 6) is -1.46. The summed E-state index contributed by atoms with van der Waals surface area (Å²) < 4.78 is 81.8. The lowest BCUT2D eigenvalue weighted by atomic mass is 9.92. The van der Waals surface area contributed by atoms with Gasteiger partial charge in [-0.05, 0) is 62.1 Å². The van der Waals surface area contributed by atoms with Gasteiger partial charge in [0.1, 0.15) is 21.4 Å². The second kappa shape index (κ2) is 9.05. The highest BCUT2D eigenvalue weighted by atomic mass is 35.5. The summed E-state index contributed by atoms with van der Waals surface area (Å²) >= 11 is 11.8. The van der Waals surface area contributed by atoms with Gasteiger partial charge in [-0.1, -0.05) is 23.2 Å². The fraction of sp³-hybridized carbons (Fsp3) is 0.333. The molecule has 0 aromatic heterocycles. The van der Waals surface area contributed by atoms with Crippen LogP contribution in [0.3, 0.4) is 0 Å². The van der Waals surface area contributed by atoms with Crippen molar-refractivity contribution in [1.29, 1.82) is 0 Å². The maximum atomic E-state index is 13.4. The SMILES string of the molecule is O=S(=O)(NC1CCC(NS(=O)(=O)c2cc(F)ccc2Cl)CC1)c1cc(F)ccc1Cl. The van der Waals surface area contributed by atoms with Gasteiger partial charge in [0.15, 0.2) is 0 Å². The Labute approximate surface area is 183 Å². The van der Waals surface area contributed by atoms with E-state index in [4.69, 9.17) is 23.2 Å². The Morgan fingerprint density at radius 1 is 0.700 bits per heavy atom. The van der Waals surface area contributed by atoms with E-state index in [1.54, 1.807) is 0 Å². The summed E-state index contributed by atoms with van der Waals surface area (Å²) in [6.07, 6.45) is 1.37. The molecule has 0 radical (unpaired) electrons. The highest BCUT2D eigenvalue weighted by Gasteiger charge is 2.30. The zero-order chi connectivity index (χ0) is 22.1. The quantitative estimate of drug-likeness (QED) is 0.632. The topological polar surface area (TPSA) is 92.3 Å². The van der Waals surface area contributed by atoms with Crippen molar-refractivity contribution in [3.05, 3.63) is 58.1 Å². The predicted octanol–water partition coefficient (Wildman–Crippen LogP) is 3.84. The molecule has 0 spiro atoms. The smallest absolute Gasteiger partial charge is 0.208 e. The van der Waals surface area contributed by atoms with E-state index < -0.39 is 43.8 Å². The fourth-order valence-electron chi connectivity index (χ4n) is 3.26. The predicted molar refractivity (Wildman–Crippen MR) is 110 cm³/mol. The molecule has 2 N–H and O–H groups in total. The lowest BCUT2D eigenvalue weighted by Gasteiger charge is -2.29. The Morgan fingerprint density at radius 3 is 1.37 bits per heavy atom. The maximum Gasteiger partial charge on any atom is 0.242 e. The Balaban J connectivity index is 1.63. The van der Waals surface area contributed by atoms with E-state index in [9.17, 15) is 25.6 Å². The summed E-state index contributed by atoms with van der Waals surface area (Å²) in [6.45, 7) is 0. The van der Waals surface area contributed by atoms with Crippen LogP contribution in [0.2, 0.25) is 10.0 Å². The van der Waals surface area contributed by atoms with Crippen molar-refractivity contribution < 1.29 is 25.6 Å². The average molecular weight is 499 g/mol. The molecule has 1 aliphatic rings. The van der Waals surface area contributed by atoms with Gasteiger partial charge in [0.25, 0.3) is 0 Å². The Hall–Kier alpha value is -1.30. The Kier molecular flexibility index (Phi) is 7.05. The van der Waals surface area contributed by atoms with Crippen LogP contribution >= 0.6 is 23.2 Å². The molecule has 0 aliphatic heterocycles. The molecule has 0 amide bonds. The van der Waals surface area contributed by atoms with Gasteiger partial charge in [-0.3, -0.25) is 0 Å². The largest absolute Gasteiger partial charge is 0.242 e. The molecule has 0 bridgehead atoms. The first kappa shape index (κ1) is 23.4. The lowest BCUT2D eigenvalue weighted by molar-refractivity contribution is 0.356. The molecule has 6 nitrogen and oxygen atoms in total. The molecular formula is C18H18Cl2F2N2O4S2. The van der Waals surface area contributed by atoms with Crippen LogP contribution in [0.25, 0.3) is 0 Å². The first-order valence-electron chi connectivity index (χ1n) is 8.93. The van der Waals surface area contributed by atoms with Crippen LogP contribution in [0.15, 0.2) is 46.2 Å². The molecule has 2 aromatic carbocycles. The molecule has 0 heterocycles. The van der Waals surface area contributed by atoms with Crippen molar-refractivity contribution in [2.45, 2.75) is 47.6 Å². The number of rotatable bonds is 6. The van der Waals surface area contributed by atoms with Crippen LogP contribution < -0.4 is 9.44 Å². The third-order valence-corrected chi connectivity index (χ3v) is 8.74. The van der Waals surface area contributed by atoms with Crippen LogP contribution in [0.5, 0.6) is 0 Å². The van der Waals surface area contributed by atoms with Gasteiger partial charge >= 0.3 is 0 Å². The molecule has 164 valence electrons. The summed E-state index contributed by atoms with van der Waals surface area (Å²) in [5, 5.41) is -0.199. The number of benzene rings is 2. The average Bonchev–Trinajstić information content (AvgIpc) is 2.66. The van der Waals surface area contributed by atoms with Crippen molar-refractivity contribution >= 4 is 43.2 Å². The molecule has 0 atom stereocenters. The van der Waals surface area contributed by atoms with Crippen LogP contribution in [0, 0.1) is 11.6 Å². The molecule has 0 saturated heterocycles. The monoisotopic (exact) mass is 498 g/mol. The van der Waals surface area contributed by atoms with Gasteiger partial charge < -0.3 is 0 Å². The zero-order valence-corrected chi connectivity index (χ0v) is 18.6. The number of hydrogen-bond acceptors (Lipinski definition) is 4. The highest BCUT2D eigenvalue weighted by molar-refractivity contribution is 7.90. The van der Waals surface area contributed by atoms with Crippen LogP contribution in [0.1, 0.15) is 25.7 Å². The van der Waals surface area contributed by atoms with Gasteiger partial charge in [-0.25, -0.2) is 35.1 Å². The van der Waals surface area contributed by atoms with Gasteiger partial charge in [0, 0.05) is 12.1 Å². The molecule has 2 aromatic rings. The molecule has 1 fully saturated rings. The molecule has 3 rings (SSSR count). The first-order chi connectivity index (χ1) is 14.0. The Morgan fingerprint density at radius 2 is 1.03 bits per heavy atom. The van der Waals surface area contributed by atoms with Gasteiger partial charge in [-0.15, -0.1) is 0 Å². The van der Waals surface area contributed by atoms with Crippen LogP contribution in [-0.4, -0.2) is 28.9 Å². The minimum Gasteiger partial charge on any atom is -0.208 e. The van der Waals surface area contributed by atoms with Crippen molar-refractivity contribution in [1.82, 2.24) is 9.44 Å². The van der Waals surface area contributed by atoms with Crippen molar-refractivity contribution in [3.8, 4) is 0 Å². The lowest BCUT2D eigenvalue weighted by Crippen LogP contribution is -2.43. The van der Waals surface area contributed by atoms with E-state index >= 15 is 0 Å². The zero-order valence-electron chi connectivity index (χ0n) is 15.4. The maximum absolute atomic E-state index is 13.4. The number of halogens is 4. The van der Waals surface area contributed by atoms with E-state index in [1.807, 2.05) is 0 Å². The van der Waals surface area contributed by atoms with Crippen molar-refractivity contribution in [2.24, 2.45) is 0 Å². The van der Waals surface area contributed by atoms with E-state index in [0.717, 1.165) is 36.4 Å². The summed E-state index contributed by atoms with van der Waals surface area (Å²) in [5.41, 5.74) is 0. The second-order valence-corrected chi connectivity index (χ2v) is 11.1. The molecule has 1 aliphatic carbocycles. The Bertz CT molecular complexity index is 1060. The van der Waals surface area contributed by atoms with E-state index in [2.05, 4.69) is 9.44 Å². The molecular weight excluding hydrogens is 481 g/mol. The molecule has 1 saturated carbocycles. The van der Waals surface area contributed by atoms with Gasteiger partial charge in [0.2, 0.25) is 20.0 Å². The fourth-order valence-corrected chi connectivity index (χ4v) is 6.89. The summed E-state index contributed by atoms with van der Waals surface area (Å²) in [7, 11) is -8.08. The van der Waals surface area contributed by atoms with Gasteiger partial charge in [0.05, 0.1) is 10.0 Å². The van der Waals surface area contributed by atoms with Crippen molar-refractivity contribution in [2.75, 3.05) is 0 Å². The highest BCUT2D eigenvalue weighted by Crippen LogP contribution is 2.27. The number of hydrogen-bond donors (Lipinski definition) is 2. The molecule has 12 heteroatoms. The van der Waals surface area contributed by atoms with Crippen molar-refractivity contribution in [3.63, 3.8) is 0 Å². The second-order valence-electron chi connectivity index (χ2n) is 6.94. The summed E-state index contributed by atoms with van der Waals surface area (Å²) in [4.78, 5) is -0.708. The number of sulfonamides is 2. The van der Waals surface area contributed by atoms with E-state index in [1.165, 1.54) is 0 Å². The van der Waals surface area contributed by atoms with Crippen LogP contribution in [0.4, 0.5) is 8.78 Å². The van der Waals surface area contributed by atoms with Crippen LogP contribution in [-0.2, 0) is 20.0 Å². The first-order valence-corrected chi connectivity index (χ1v) is 12.6. The summed E-state index contributed by atoms with van der Waals surface area (Å²) in [6, 6.07) is 5.19. The molecule has 0 unspecified atom stereocenters.